The van der Waals surface area contributed by atoms with Crippen LogP contribution in [0.1, 0.15) is 10.4 Å². The normalized spacial score (nSPS) is 23.7. The number of amides is 1. The Labute approximate surface area is 114 Å². The van der Waals surface area contributed by atoms with Crippen LogP contribution in [0.25, 0.3) is 0 Å². The lowest BCUT2D eigenvalue weighted by atomic mass is 10.1. The average Bonchev–Trinajstić information content (AvgIpc) is 2.73. The summed E-state index contributed by atoms with van der Waals surface area (Å²) < 4.78 is 1.03. The van der Waals surface area contributed by atoms with Gasteiger partial charge in [-0.25, -0.2) is 0 Å². The van der Waals surface area contributed by atoms with Crippen LogP contribution in [0.5, 0.6) is 0 Å². The lowest BCUT2D eigenvalue weighted by Crippen LogP contribution is -2.44. The molecule has 2 rings (SSSR count). The molecule has 0 bridgehead atoms. The summed E-state index contributed by atoms with van der Waals surface area (Å²) in [6.07, 6.45) is -0.480. The van der Waals surface area contributed by atoms with Gasteiger partial charge in [0.2, 0.25) is 0 Å². The van der Waals surface area contributed by atoms with Crippen LogP contribution in [0.2, 0.25) is 0 Å². The Kier molecular flexibility index (Phi) is 4.01. The first kappa shape index (κ1) is 12.8. The highest BCUT2D eigenvalue weighted by molar-refractivity contribution is 14.1. The maximum Gasteiger partial charge on any atom is 0.254 e. The van der Waals surface area contributed by atoms with Crippen LogP contribution in [-0.4, -0.2) is 48.2 Å². The molecule has 5 heteroatoms. The van der Waals surface area contributed by atoms with E-state index in [0.29, 0.717) is 18.7 Å². The molecule has 2 N–H and O–H groups in total. The van der Waals surface area contributed by atoms with E-state index < -0.39 is 6.10 Å². The third kappa shape index (κ3) is 2.78. The van der Waals surface area contributed by atoms with Crippen molar-refractivity contribution in [2.75, 3.05) is 20.1 Å². The van der Waals surface area contributed by atoms with Gasteiger partial charge in [0, 0.05) is 29.3 Å². The SMILES string of the molecule is CN(C(=O)c1cccc(I)c1)[C@@H]1CNC[C@H]1O. The number of benzene rings is 1. The number of rotatable bonds is 2. The summed E-state index contributed by atoms with van der Waals surface area (Å²) >= 11 is 2.18. The maximum atomic E-state index is 12.2. The number of nitrogens with zero attached hydrogens (tertiary/aromatic N) is 1. The summed E-state index contributed by atoms with van der Waals surface area (Å²) in [6, 6.07) is 7.33. The number of aliphatic hydroxyl groups excluding tert-OH is 1. The highest BCUT2D eigenvalue weighted by atomic mass is 127. The first-order valence-corrected chi connectivity index (χ1v) is 6.59. The third-order valence-corrected chi connectivity index (χ3v) is 3.71. The smallest absolute Gasteiger partial charge is 0.254 e. The fraction of sp³-hybridized carbons (Fsp3) is 0.417. The Morgan fingerprint density at radius 2 is 2.29 bits per heavy atom. The number of β-amino-alcohol motifs (C(OH)–C–C–N with tert-alkyl or cyclic N) is 1. The number of carbonyl (C=O) groups is 1. The number of halogens is 1. The van der Waals surface area contributed by atoms with E-state index in [1.54, 1.807) is 18.0 Å². The van der Waals surface area contributed by atoms with E-state index in [1.165, 1.54) is 0 Å². The summed E-state index contributed by atoms with van der Waals surface area (Å²) in [5, 5.41) is 12.8. The molecular formula is C12H15IN2O2. The summed E-state index contributed by atoms with van der Waals surface area (Å²) in [4.78, 5) is 13.8. The first-order valence-electron chi connectivity index (χ1n) is 5.51. The van der Waals surface area contributed by atoms with E-state index in [0.717, 1.165) is 3.57 Å². The molecular weight excluding hydrogens is 331 g/mol. The molecule has 1 heterocycles. The van der Waals surface area contributed by atoms with Gasteiger partial charge in [-0.05, 0) is 40.8 Å². The third-order valence-electron chi connectivity index (χ3n) is 3.04. The van der Waals surface area contributed by atoms with Crippen LogP contribution in [0.3, 0.4) is 0 Å². The average molecular weight is 346 g/mol. The molecule has 0 saturated carbocycles. The zero-order valence-electron chi connectivity index (χ0n) is 9.56. The molecule has 0 unspecified atom stereocenters. The Balaban J connectivity index is 2.14. The van der Waals surface area contributed by atoms with Gasteiger partial charge in [0.05, 0.1) is 12.1 Å². The first-order chi connectivity index (χ1) is 8.09. The fourth-order valence-corrected chi connectivity index (χ4v) is 2.57. The molecule has 0 aliphatic carbocycles. The minimum atomic E-state index is -0.480. The highest BCUT2D eigenvalue weighted by Crippen LogP contribution is 2.14. The molecule has 1 amide bonds. The second kappa shape index (κ2) is 5.32. The lowest BCUT2D eigenvalue weighted by molar-refractivity contribution is 0.0581. The van der Waals surface area contributed by atoms with Gasteiger partial charge in [0.25, 0.3) is 5.91 Å². The quantitative estimate of drug-likeness (QED) is 0.775. The number of likely N-dealkylation sites (N-methyl/N-ethyl adjacent to an activating group) is 1. The second-order valence-electron chi connectivity index (χ2n) is 4.22. The maximum absolute atomic E-state index is 12.2. The number of aliphatic hydroxyl groups is 1. The summed E-state index contributed by atoms with van der Waals surface area (Å²) in [6.45, 7) is 1.20. The van der Waals surface area contributed by atoms with Crippen molar-refractivity contribution < 1.29 is 9.90 Å². The van der Waals surface area contributed by atoms with Crippen molar-refractivity contribution in [3.63, 3.8) is 0 Å². The van der Waals surface area contributed by atoms with Crippen LogP contribution < -0.4 is 5.32 Å². The van der Waals surface area contributed by atoms with E-state index >= 15 is 0 Å². The number of hydrogen-bond acceptors (Lipinski definition) is 3. The van der Waals surface area contributed by atoms with E-state index in [4.69, 9.17) is 0 Å². The number of carbonyl (C=O) groups excluding carboxylic acids is 1. The second-order valence-corrected chi connectivity index (χ2v) is 5.46. The van der Waals surface area contributed by atoms with E-state index in [9.17, 15) is 9.90 Å². The van der Waals surface area contributed by atoms with Crippen LogP contribution in [0.4, 0.5) is 0 Å². The molecule has 1 aliphatic rings. The molecule has 1 fully saturated rings. The Morgan fingerprint density at radius 1 is 1.53 bits per heavy atom. The van der Waals surface area contributed by atoms with Gasteiger partial charge in [0.15, 0.2) is 0 Å². The van der Waals surface area contributed by atoms with Crippen LogP contribution >= 0.6 is 22.6 Å². The van der Waals surface area contributed by atoms with Crippen LogP contribution in [0, 0.1) is 3.57 Å². The van der Waals surface area contributed by atoms with Crippen molar-refractivity contribution in [1.82, 2.24) is 10.2 Å². The Hall–Kier alpha value is -0.660. The van der Waals surface area contributed by atoms with Crippen molar-refractivity contribution in [3.05, 3.63) is 33.4 Å². The molecule has 0 spiro atoms. The minimum Gasteiger partial charge on any atom is -0.390 e. The molecule has 1 aromatic rings. The topological polar surface area (TPSA) is 52.6 Å². The van der Waals surface area contributed by atoms with Crippen molar-refractivity contribution in [1.29, 1.82) is 0 Å². The molecule has 4 nitrogen and oxygen atoms in total. The molecule has 1 aliphatic heterocycles. The summed E-state index contributed by atoms with van der Waals surface area (Å²) in [7, 11) is 1.74. The van der Waals surface area contributed by atoms with Crippen molar-refractivity contribution >= 4 is 28.5 Å². The van der Waals surface area contributed by atoms with Crippen LogP contribution in [-0.2, 0) is 0 Å². The Morgan fingerprint density at radius 3 is 2.88 bits per heavy atom. The zero-order chi connectivity index (χ0) is 12.4. The van der Waals surface area contributed by atoms with Gasteiger partial charge in [-0.15, -0.1) is 0 Å². The lowest BCUT2D eigenvalue weighted by Gasteiger charge is -2.26. The van der Waals surface area contributed by atoms with E-state index in [-0.39, 0.29) is 11.9 Å². The zero-order valence-corrected chi connectivity index (χ0v) is 11.7. The molecule has 2 atom stereocenters. The van der Waals surface area contributed by atoms with Crippen LogP contribution in [0.15, 0.2) is 24.3 Å². The molecule has 0 aromatic heterocycles. The fourth-order valence-electron chi connectivity index (χ4n) is 2.02. The monoisotopic (exact) mass is 346 g/mol. The van der Waals surface area contributed by atoms with E-state index in [1.807, 2.05) is 18.2 Å². The predicted octanol–water partition coefficient (Wildman–Crippen LogP) is 0.696. The number of hydrogen-bond donors (Lipinski definition) is 2. The van der Waals surface area contributed by atoms with Gasteiger partial charge in [-0.2, -0.15) is 0 Å². The Bertz CT molecular complexity index is 425. The van der Waals surface area contributed by atoms with Gasteiger partial charge >= 0.3 is 0 Å². The van der Waals surface area contributed by atoms with Crippen molar-refractivity contribution in [2.24, 2.45) is 0 Å². The van der Waals surface area contributed by atoms with Gasteiger partial charge in [-0.1, -0.05) is 6.07 Å². The molecule has 1 saturated heterocycles. The summed E-state index contributed by atoms with van der Waals surface area (Å²) in [5.41, 5.74) is 0.665. The number of nitrogens with one attached hydrogen (secondary N) is 1. The highest BCUT2D eigenvalue weighted by Gasteiger charge is 2.31. The van der Waals surface area contributed by atoms with Gasteiger partial charge in [-0.3, -0.25) is 4.79 Å². The molecule has 92 valence electrons. The largest absolute Gasteiger partial charge is 0.390 e. The summed E-state index contributed by atoms with van der Waals surface area (Å²) in [5.74, 6) is -0.0451. The van der Waals surface area contributed by atoms with E-state index in [2.05, 4.69) is 27.9 Å². The standard InChI is InChI=1S/C12H15IN2O2/c1-15(10-6-14-7-11(10)16)12(17)8-3-2-4-9(13)5-8/h2-5,10-11,14,16H,6-7H2,1H3/t10-,11-/m1/s1. The van der Waals surface area contributed by atoms with Crippen molar-refractivity contribution in [3.8, 4) is 0 Å². The van der Waals surface area contributed by atoms with Gasteiger partial charge < -0.3 is 15.3 Å². The molecule has 1 aromatic carbocycles. The van der Waals surface area contributed by atoms with Gasteiger partial charge in [0.1, 0.15) is 0 Å². The molecule has 17 heavy (non-hydrogen) atoms. The predicted molar refractivity (Wildman–Crippen MR) is 73.9 cm³/mol. The molecule has 0 radical (unpaired) electrons. The minimum absolute atomic E-state index is 0.0451. The van der Waals surface area contributed by atoms with Crippen molar-refractivity contribution in [2.45, 2.75) is 12.1 Å².